The first-order valence-corrected chi connectivity index (χ1v) is 8.99. The van der Waals surface area contributed by atoms with Crippen LogP contribution in [0.3, 0.4) is 0 Å². The smallest absolute Gasteiger partial charge is 0.258 e. The molecule has 0 aliphatic carbocycles. The van der Waals surface area contributed by atoms with E-state index in [0.717, 1.165) is 16.7 Å². The van der Waals surface area contributed by atoms with E-state index < -0.39 is 4.92 Å². The van der Waals surface area contributed by atoms with E-state index in [1.807, 2.05) is 61.5 Å². The zero-order valence-corrected chi connectivity index (χ0v) is 15.6. The van der Waals surface area contributed by atoms with E-state index in [-0.39, 0.29) is 5.69 Å². The summed E-state index contributed by atoms with van der Waals surface area (Å²) < 4.78 is 1.67. The van der Waals surface area contributed by atoms with Crippen molar-refractivity contribution in [2.75, 3.05) is 0 Å². The number of hydrogen-bond acceptors (Lipinski definition) is 4. The highest BCUT2D eigenvalue weighted by Gasteiger charge is 2.22. The molecule has 0 aliphatic heterocycles. The standard InChI is InChI=1S/C23H16N4O2/c1-16-7-9-17(10-8-16)22-21(15-24)23(18-5-3-2-4-6-18)26(25-22)19-11-13-20(14-12-19)27(28)29/h2-14H,1H3. The number of nitriles is 1. The third-order valence-corrected chi connectivity index (χ3v) is 4.67. The molecule has 1 heterocycles. The SMILES string of the molecule is Cc1ccc(-c2nn(-c3ccc([N+](=O)[O-])cc3)c(-c3ccccc3)c2C#N)cc1. The fourth-order valence-electron chi connectivity index (χ4n) is 3.20. The molecule has 6 nitrogen and oxygen atoms in total. The Kier molecular flexibility index (Phi) is 4.63. The molecule has 6 heteroatoms. The summed E-state index contributed by atoms with van der Waals surface area (Å²) in [6.45, 7) is 2.00. The molecule has 4 rings (SSSR count). The highest BCUT2D eigenvalue weighted by Crippen LogP contribution is 2.34. The summed E-state index contributed by atoms with van der Waals surface area (Å²) in [7, 11) is 0. The predicted molar refractivity (Wildman–Crippen MR) is 111 cm³/mol. The zero-order valence-electron chi connectivity index (χ0n) is 15.6. The van der Waals surface area contributed by atoms with Gasteiger partial charge in [-0.2, -0.15) is 10.4 Å². The lowest BCUT2D eigenvalue weighted by atomic mass is 10.0. The molecule has 29 heavy (non-hydrogen) atoms. The van der Waals surface area contributed by atoms with E-state index in [2.05, 4.69) is 6.07 Å². The van der Waals surface area contributed by atoms with Gasteiger partial charge in [0.2, 0.25) is 0 Å². The van der Waals surface area contributed by atoms with E-state index in [9.17, 15) is 15.4 Å². The second kappa shape index (κ2) is 7.41. The van der Waals surface area contributed by atoms with E-state index >= 15 is 0 Å². The van der Waals surface area contributed by atoms with Gasteiger partial charge in [0.05, 0.1) is 16.3 Å². The molecule has 0 saturated carbocycles. The maximum absolute atomic E-state index is 11.0. The second-order valence-electron chi connectivity index (χ2n) is 6.60. The number of nitro groups is 1. The van der Waals surface area contributed by atoms with Gasteiger partial charge in [0.1, 0.15) is 17.3 Å². The van der Waals surface area contributed by atoms with Crippen molar-refractivity contribution in [3.8, 4) is 34.3 Å². The van der Waals surface area contributed by atoms with Crippen molar-refractivity contribution in [3.63, 3.8) is 0 Å². The molecule has 0 atom stereocenters. The van der Waals surface area contributed by atoms with Gasteiger partial charge < -0.3 is 0 Å². The van der Waals surface area contributed by atoms with Crippen LogP contribution in [0.4, 0.5) is 5.69 Å². The van der Waals surface area contributed by atoms with Crippen LogP contribution in [0.5, 0.6) is 0 Å². The number of rotatable bonds is 4. The maximum Gasteiger partial charge on any atom is 0.269 e. The van der Waals surface area contributed by atoms with Crippen molar-refractivity contribution in [1.29, 1.82) is 5.26 Å². The highest BCUT2D eigenvalue weighted by atomic mass is 16.6. The minimum Gasteiger partial charge on any atom is -0.258 e. The topological polar surface area (TPSA) is 84.8 Å². The van der Waals surface area contributed by atoms with Gasteiger partial charge in [0.25, 0.3) is 5.69 Å². The van der Waals surface area contributed by atoms with Crippen LogP contribution in [0, 0.1) is 28.4 Å². The first-order valence-electron chi connectivity index (χ1n) is 8.99. The summed E-state index contributed by atoms with van der Waals surface area (Å²) in [6.07, 6.45) is 0. The van der Waals surface area contributed by atoms with Gasteiger partial charge >= 0.3 is 0 Å². The fraction of sp³-hybridized carbons (Fsp3) is 0.0435. The number of non-ortho nitro benzene ring substituents is 1. The lowest BCUT2D eigenvalue weighted by Gasteiger charge is -2.08. The van der Waals surface area contributed by atoms with Gasteiger partial charge in [-0.1, -0.05) is 60.2 Å². The van der Waals surface area contributed by atoms with Crippen LogP contribution in [-0.4, -0.2) is 14.7 Å². The Bertz CT molecular complexity index is 1220. The van der Waals surface area contributed by atoms with Crippen molar-refractivity contribution < 1.29 is 4.92 Å². The molecule has 140 valence electrons. The van der Waals surface area contributed by atoms with Crippen molar-refractivity contribution >= 4 is 5.69 Å². The van der Waals surface area contributed by atoms with E-state index in [4.69, 9.17) is 5.10 Å². The molecule has 0 bridgehead atoms. The Morgan fingerprint density at radius 2 is 1.59 bits per heavy atom. The monoisotopic (exact) mass is 380 g/mol. The summed E-state index contributed by atoms with van der Waals surface area (Å²) in [4.78, 5) is 10.6. The number of benzene rings is 3. The Morgan fingerprint density at radius 3 is 2.17 bits per heavy atom. The summed E-state index contributed by atoms with van der Waals surface area (Å²) in [6, 6.07) is 25.8. The molecule has 1 aromatic heterocycles. The first-order chi connectivity index (χ1) is 14.1. The second-order valence-corrected chi connectivity index (χ2v) is 6.60. The molecule has 0 amide bonds. The van der Waals surface area contributed by atoms with Crippen molar-refractivity contribution in [3.05, 3.63) is 100 Å². The molecule has 0 N–H and O–H groups in total. The van der Waals surface area contributed by atoms with Crippen LogP contribution in [-0.2, 0) is 0 Å². The van der Waals surface area contributed by atoms with Gasteiger partial charge in [0, 0.05) is 23.3 Å². The van der Waals surface area contributed by atoms with Crippen LogP contribution >= 0.6 is 0 Å². The molecule has 0 spiro atoms. The number of nitrogens with zero attached hydrogens (tertiary/aromatic N) is 4. The molecule has 0 radical (unpaired) electrons. The Balaban J connectivity index is 1.97. The van der Waals surface area contributed by atoms with Crippen molar-refractivity contribution in [2.45, 2.75) is 6.92 Å². The first kappa shape index (κ1) is 18.1. The molecule has 0 unspecified atom stereocenters. The Hall–Kier alpha value is -4.24. The van der Waals surface area contributed by atoms with E-state index in [1.54, 1.807) is 16.8 Å². The lowest BCUT2D eigenvalue weighted by Crippen LogP contribution is -2.00. The summed E-state index contributed by atoms with van der Waals surface area (Å²) in [5.41, 5.74) is 5.12. The van der Waals surface area contributed by atoms with Gasteiger partial charge in [-0.25, -0.2) is 4.68 Å². The molecule has 0 fully saturated rings. The summed E-state index contributed by atoms with van der Waals surface area (Å²) in [5.74, 6) is 0. The number of hydrogen-bond donors (Lipinski definition) is 0. The fourth-order valence-corrected chi connectivity index (χ4v) is 3.20. The van der Waals surface area contributed by atoms with Crippen LogP contribution in [0.2, 0.25) is 0 Å². The van der Waals surface area contributed by atoms with Gasteiger partial charge in [-0.15, -0.1) is 0 Å². The number of aryl methyl sites for hydroxylation is 1. The minimum atomic E-state index is -0.441. The molecule has 0 saturated heterocycles. The zero-order chi connectivity index (χ0) is 20.4. The summed E-state index contributed by atoms with van der Waals surface area (Å²) in [5, 5.41) is 25.7. The van der Waals surface area contributed by atoms with Gasteiger partial charge in [0.15, 0.2) is 0 Å². The number of nitro benzene ring substituents is 1. The third kappa shape index (κ3) is 3.37. The van der Waals surface area contributed by atoms with Crippen LogP contribution in [0.25, 0.3) is 28.2 Å². The quantitative estimate of drug-likeness (QED) is 0.355. The Labute approximate surface area is 167 Å². The molecule has 0 aliphatic rings. The van der Waals surface area contributed by atoms with E-state index in [0.29, 0.717) is 22.6 Å². The minimum absolute atomic E-state index is 0.00133. The van der Waals surface area contributed by atoms with Gasteiger partial charge in [-0.05, 0) is 19.1 Å². The van der Waals surface area contributed by atoms with Crippen molar-refractivity contribution in [1.82, 2.24) is 9.78 Å². The van der Waals surface area contributed by atoms with Crippen LogP contribution in [0.15, 0.2) is 78.9 Å². The normalized spacial score (nSPS) is 10.5. The highest BCUT2D eigenvalue weighted by molar-refractivity contribution is 5.79. The predicted octanol–water partition coefficient (Wildman–Crippen LogP) is 5.29. The average molecular weight is 380 g/mol. The van der Waals surface area contributed by atoms with Crippen molar-refractivity contribution in [2.24, 2.45) is 0 Å². The summed E-state index contributed by atoms with van der Waals surface area (Å²) >= 11 is 0. The molecule has 4 aromatic rings. The molecule has 3 aromatic carbocycles. The molecular formula is C23H16N4O2. The third-order valence-electron chi connectivity index (χ3n) is 4.67. The maximum atomic E-state index is 11.0. The van der Waals surface area contributed by atoms with Gasteiger partial charge in [-0.3, -0.25) is 10.1 Å². The largest absolute Gasteiger partial charge is 0.269 e. The van der Waals surface area contributed by atoms with Crippen LogP contribution < -0.4 is 0 Å². The van der Waals surface area contributed by atoms with E-state index in [1.165, 1.54) is 12.1 Å². The Morgan fingerprint density at radius 1 is 0.931 bits per heavy atom. The van der Waals surface area contributed by atoms with Crippen LogP contribution in [0.1, 0.15) is 11.1 Å². The molecular weight excluding hydrogens is 364 g/mol. The number of aromatic nitrogens is 2. The lowest BCUT2D eigenvalue weighted by molar-refractivity contribution is -0.384. The average Bonchev–Trinajstić information content (AvgIpc) is 3.14.